The Labute approximate surface area is 160 Å². The van der Waals surface area contributed by atoms with Crippen molar-refractivity contribution >= 4 is 11.8 Å². The molecule has 2 aromatic carbocycles. The molecule has 2 amide bonds. The summed E-state index contributed by atoms with van der Waals surface area (Å²) in [7, 11) is 1.92. The molecule has 2 heterocycles. The van der Waals surface area contributed by atoms with Crippen LogP contribution in [-0.4, -0.2) is 47.3 Å². The Morgan fingerprint density at radius 3 is 2.15 bits per heavy atom. The van der Waals surface area contributed by atoms with Gasteiger partial charge in [-0.05, 0) is 36.0 Å². The van der Waals surface area contributed by atoms with Gasteiger partial charge in [0.05, 0.1) is 6.42 Å². The topological polar surface area (TPSA) is 40.6 Å². The van der Waals surface area contributed by atoms with Crippen LogP contribution in [0, 0.1) is 0 Å². The highest BCUT2D eigenvalue weighted by molar-refractivity contribution is 5.81. The third kappa shape index (κ3) is 3.48. The van der Waals surface area contributed by atoms with E-state index in [4.69, 9.17) is 0 Å². The van der Waals surface area contributed by atoms with Crippen LogP contribution in [0.5, 0.6) is 0 Å². The first-order chi connectivity index (χ1) is 13.1. The number of hydrogen-bond acceptors (Lipinski definition) is 2. The Bertz CT molecular complexity index is 821. The van der Waals surface area contributed by atoms with E-state index in [1.54, 1.807) is 0 Å². The van der Waals surface area contributed by atoms with E-state index in [0.717, 1.165) is 37.9 Å². The van der Waals surface area contributed by atoms with Gasteiger partial charge in [0.25, 0.3) is 0 Å². The van der Waals surface area contributed by atoms with Gasteiger partial charge in [0.2, 0.25) is 11.8 Å². The number of carbonyl (C=O) groups is 2. The van der Waals surface area contributed by atoms with Gasteiger partial charge in [-0.15, -0.1) is 0 Å². The minimum absolute atomic E-state index is 0.00873. The third-order valence-corrected chi connectivity index (χ3v) is 6.35. The largest absolute Gasteiger partial charge is 0.342 e. The normalized spacial score (nSPS) is 18.9. The molecule has 140 valence electrons. The predicted molar refractivity (Wildman–Crippen MR) is 106 cm³/mol. The maximum absolute atomic E-state index is 12.7. The Hall–Kier alpha value is -2.62. The fraction of sp³-hybridized carbons (Fsp3) is 0.391. The Morgan fingerprint density at radius 1 is 0.926 bits per heavy atom. The van der Waals surface area contributed by atoms with Crippen LogP contribution in [0.15, 0.2) is 54.6 Å². The monoisotopic (exact) mass is 362 g/mol. The smallest absolute Gasteiger partial charge is 0.226 e. The Kier molecular flexibility index (Phi) is 4.73. The lowest BCUT2D eigenvalue weighted by atomic mass is 9.85. The van der Waals surface area contributed by atoms with Crippen molar-refractivity contribution in [1.82, 2.24) is 9.80 Å². The van der Waals surface area contributed by atoms with E-state index < -0.39 is 0 Å². The zero-order valence-corrected chi connectivity index (χ0v) is 15.9. The average molecular weight is 362 g/mol. The number of rotatable bonds is 3. The first-order valence-electron chi connectivity index (χ1n) is 9.76. The van der Waals surface area contributed by atoms with Gasteiger partial charge in [-0.3, -0.25) is 9.59 Å². The van der Waals surface area contributed by atoms with Crippen LogP contribution in [0.25, 0.3) is 11.1 Å². The van der Waals surface area contributed by atoms with Crippen molar-refractivity contribution in [3.63, 3.8) is 0 Å². The summed E-state index contributed by atoms with van der Waals surface area (Å²) in [5.41, 5.74) is 3.39. The van der Waals surface area contributed by atoms with Crippen LogP contribution >= 0.6 is 0 Å². The summed E-state index contributed by atoms with van der Waals surface area (Å²) in [4.78, 5) is 28.5. The van der Waals surface area contributed by atoms with Crippen molar-refractivity contribution < 1.29 is 9.59 Å². The Morgan fingerprint density at radius 2 is 1.56 bits per heavy atom. The van der Waals surface area contributed by atoms with Gasteiger partial charge in [-0.1, -0.05) is 54.6 Å². The van der Waals surface area contributed by atoms with Crippen molar-refractivity contribution in [3.8, 4) is 11.1 Å². The standard InChI is InChI=1S/C23H26N2O2/c1-24-21(26)11-12-23(24)13-15-25(16-14-23)22(27)17-18-7-9-20(10-8-18)19-5-3-2-4-6-19/h2-10H,11-17H2,1H3. The molecule has 2 fully saturated rings. The second-order valence-electron chi connectivity index (χ2n) is 7.80. The number of benzene rings is 2. The molecule has 27 heavy (non-hydrogen) atoms. The van der Waals surface area contributed by atoms with Gasteiger partial charge in [0.1, 0.15) is 0 Å². The molecular formula is C23H26N2O2. The van der Waals surface area contributed by atoms with Crippen LogP contribution in [0.3, 0.4) is 0 Å². The molecule has 2 saturated heterocycles. The van der Waals surface area contributed by atoms with Gasteiger partial charge in [0, 0.05) is 32.1 Å². The Balaban J connectivity index is 1.35. The average Bonchev–Trinajstić information content (AvgIpc) is 2.98. The van der Waals surface area contributed by atoms with Crippen molar-refractivity contribution in [2.24, 2.45) is 0 Å². The summed E-state index contributed by atoms with van der Waals surface area (Å²) >= 11 is 0. The molecule has 2 aliphatic rings. The molecule has 4 nitrogen and oxygen atoms in total. The molecule has 0 aliphatic carbocycles. The first kappa shape index (κ1) is 17.8. The quantitative estimate of drug-likeness (QED) is 0.838. The lowest BCUT2D eigenvalue weighted by Gasteiger charge is -2.43. The highest BCUT2D eigenvalue weighted by atomic mass is 16.2. The maximum atomic E-state index is 12.7. The fourth-order valence-corrected chi connectivity index (χ4v) is 4.43. The molecule has 0 aromatic heterocycles. The molecule has 2 aliphatic heterocycles. The number of hydrogen-bond donors (Lipinski definition) is 0. The molecule has 0 bridgehead atoms. The van der Waals surface area contributed by atoms with Gasteiger partial charge in [0.15, 0.2) is 0 Å². The van der Waals surface area contributed by atoms with Crippen LogP contribution in [0.4, 0.5) is 0 Å². The van der Waals surface area contributed by atoms with Crippen molar-refractivity contribution in [3.05, 3.63) is 60.2 Å². The molecule has 2 aromatic rings. The van der Waals surface area contributed by atoms with Crippen LogP contribution < -0.4 is 0 Å². The second-order valence-corrected chi connectivity index (χ2v) is 7.80. The number of likely N-dealkylation sites (tertiary alicyclic amines) is 2. The number of carbonyl (C=O) groups excluding carboxylic acids is 2. The summed E-state index contributed by atoms with van der Waals surface area (Å²) in [5, 5.41) is 0. The summed E-state index contributed by atoms with van der Waals surface area (Å²) in [6, 6.07) is 18.5. The molecule has 1 spiro atoms. The molecule has 0 radical (unpaired) electrons. The van der Waals surface area contributed by atoms with Gasteiger partial charge >= 0.3 is 0 Å². The van der Waals surface area contributed by atoms with Crippen LogP contribution in [-0.2, 0) is 16.0 Å². The zero-order valence-electron chi connectivity index (χ0n) is 15.9. The lowest BCUT2D eigenvalue weighted by molar-refractivity contribution is -0.135. The fourth-order valence-electron chi connectivity index (χ4n) is 4.43. The number of piperidine rings is 1. The van der Waals surface area contributed by atoms with E-state index in [1.165, 1.54) is 11.1 Å². The third-order valence-electron chi connectivity index (χ3n) is 6.35. The van der Waals surface area contributed by atoms with Crippen LogP contribution in [0.2, 0.25) is 0 Å². The number of nitrogens with zero attached hydrogens (tertiary/aromatic N) is 2. The zero-order chi connectivity index (χ0) is 18.9. The molecule has 0 saturated carbocycles. The van der Waals surface area contributed by atoms with Crippen molar-refractivity contribution in [2.75, 3.05) is 20.1 Å². The van der Waals surface area contributed by atoms with E-state index in [-0.39, 0.29) is 17.4 Å². The van der Waals surface area contributed by atoms with Gasteiger partial charge < -0.3 is 9.80 Å². The molecule has 0 atom stereocenters. The van der Waals surface area contributed by atoms with E-state index in [1.807, 2.05) is 35.0 Å². The van der Waals surface area contributed by atoms with Crippen molar-refractivity contribution in [1.29, 1.82) is 0 Å². The van der Waals surface area contributed by atoms with Crippen LogP contribution in [0.1, 0.15) is 31.2 Å². The number of amides is 2. The molecule has 0 N–H and O–H groups in total. The van der Waals surface area contributed by atoms with E-state index >= 15 is 0 Å². The summed E-state index contributed by atoms with van der Waals surface area (Å²) in [6.45, 7) is 1.50. The predicted octanol–water partition coefficient (Wildman–Crippen LogP) is 3.51. The van der Waals surface area contributed by atoms with Gasteiger partial charge in [-0.2, -0.15) is 0 Å². The van der Waals surface area contributed by atoms with Crippen molar-refractivity contribution in [2.45, 2.75) is 37.6 Å². The minimum atomic E-state index is -0.00873. The molecule has 4 rings (SSSR count). The minimum Gasteiger partial charge on any atom is -0.342 e. The molecule has 0 unspecified atom stereocenters. The van der Waals surface area contributed by atoms with E-state index in [0.29, 0.717) is 12.8 Å². The van der Waals surface area contributed by atoms with E-state index in [2.05, 4.69) is 36.4 Å². The van der Waals surface area contributed by atoms with Gasteiger partial charge in [-0.25, -0.2) is 0 Å². The molecule has 4 heteroatoms. The maximum Gasteiger partial charge on any atom is 0.226 e. The lowest BCUT2D eigenvalue weighted by Crippen LogP contribution is -2.53. The highest BCUT2D eigenvalue weighted by Gasteiger charge is 2.45. The first-order valence-corrected chi connectivity index (χ1v) is 9.76. The summed E-state index contributed by atoms with van der Waals surface area (Å²) in [5.74, 6) is 0.428. The highest BCUT2D eigenvalue weighted by Crippen LogP contribution is 2.38. The second kappa shape index (κ2) is 7.18. The summed E-state index contributed by atoms with van der Waals surface area (Å²) < 4.78 is 0. The molecular weight excluding hydrogens is 336 g/mol. The summed E-state index contributed by atoms with van der Waals surface area (Å²) in [6.07, 6.45) is 3.82. The SMILES string of the molecule is CN1C(=O)CCC12CCN(C(=O)Cc1ccc(-c3ccccc3)cc1)CC2. The van der Waals surface area contributed by atoms with E-state index in [9.17, 15) is 9.59 Å².